The molecular formula is C18H24ClF3N2O2. The molecule has 1 aromatic carbocycles. The van der Waals surface area contributed by atoms with Crippen molar-refractivity contribution in [2.45, 2.75) is 56.9 Å². The zero-order chi connectivity index (χ0) is 17.9. The number of nitrogens with one attached hydrogen (secondary N) is 2. The Balaban J connectivity index is 0.00000243. The molecule has 2 heterocycles. The summed E-state index contributed by atoms with van der Waals surface area (Å²) >= 11 is 0. The molecule has 2 bridgehead atoms. The summed E-state index contributed by atoms with van der Waals surface area (Å²) in [5.41, 5.74) is 0.547. The van der Waals surface area contributed by atoms with Gasteiger partial charge in [0, 0.05) is 30.6 Å². The molecule has 2 aliphatic rings. The number of amides is 1. The third kappa shape index (κ3) is 6.06. The van der Waals surface area contributed by atoms with E-state index in [1.54, 1.807) is 18.2 Å². The topological polar surface area (TPSA) is 50.4 Å². The van der Waals surface area contributed by atoms with E-state index in [2.05, 4.69) is 10.6 Å². The fraction of sp³-hybridized carbons (Fsp3) is 0.611. The van der Waals surface area contributed by atoms with Crippen molar-refractivity contribution in [1.82, 2.24) is 10.6 Å². The van der Waals surface area contributed by atoms with E-state index in [4.69, 9.17) is 4.74 Å². The number of carbonyl (C=O) groups excluding carboxylic acids is 1. The van der Waals surface area contributed by atoms with Gasteiger partial charge in [0.2, 0.25) is 5.91 Å². The average molecular weight is 393 g/mol. The maximum Gasteiger partial charge on any atom is 0.422 e. The van der Waals surface area contributed by atoms with E-state index in [0.717, 1.165) is 12.8 Å². The number of hydrogen-bond acceptors (Lipinski definition) is 3. The first-order valence-electron chi connectivity index (χ1n) is 8.69. The Morgan fingerprint density at radius 2 is 1.85 bits per heavy atom. The Morgan fingerprint density at radius 1 is 1.19 bits per heavy atom. The second kappa shape index (κ2) is 8.95. The van der Waals surface area contributed by atoms with Gasteiger partial charge in [-0.3, -0.25) is 4.79 Å². The van der Waals surface area contributed by atoms with Gasteiger partial charge in [-0.15, -0.1) is 12.4 Å². The number of para-hydroxylation sites is 1. The van der Waals surface area contributed by atoms with Crippen LogP contribution >= 0.6 is 12.4 Å². The van der Waals surface area contributed by atoms with E-state index < -0.39 is 12.8 Å². The molecule has 146 valence electrons. The Labute approximate surface area is 157 Å². The van der Waals surface area contributed by atoms with Crippen LogP contribution in [0.1, 0.15) is 37.7 Å². The number of benzene rings is 1. The molecule has 0 radical (unpaired) electrons. The fourth-order valence-electron chi connectivity index (χ4n) is 3.82. The van der Waals surface area contributed by atoms with Gasteiger partial charge in [0.05, 0.1) is 0 Å². The predicted molar refractivity (Wildman–Crippen MR) is 94.4 cm³/mol. The molecule has 2 atom stereocenters. The van der Waals surface area contributed by atoms with Gasteiger partial charge >= 0.3 is 6.18 Å². The quantitative estimate of drug-likeness (QED) is 0.778. The summed E-state index contributed by atoms with van der Waals surface area (Å²) in [7, 11) is 0. The third-order valence-corrected chi connectivity index (χ3v) is 4.88. The molecule has 3 rings (SSSR count). The summed E-state index contributed by atoms with van der Waals surface area (Å²) in [5, 5.41) is 6.36. The lowest BCUT2D eigenvalue weighted by atomic mass is 9.89. The summed E-state index contributed by atoms with van der Waals surface area (Å²) in [4.78, 5) is 12.2. The standard InChI is InChI=1S/C18H23F3N2O2.ClH/c19-18(20,21)11-25-16-4-2-1-3-13(16)10-22-17(24)9-12-7-14-5-6-15(8-12)23-14;/h1-4,12,14-15,23H,5-11H2,(H,22,24);1H. The Morgan fingerprint density at radius 3 is 2.50 bits per heavy atom. The highest BCUT2D eigenvalue weighted by molar-refractivity contribution is 5.85. The van der Waals surface area contributed by atoms with E-state index >= 15 is 0 Å². The van der Waals surface area contributed by atoms with Crippen molar-refractivity contribution in [2.24, 2.45) is 5.92 Å². The number of halogens is 4. The van der Waals surface area contributed by atoms with Crippen molar-refractivity contribution < 1.29 is 22.7 Å². The van der Waals surface area contributed by atoms with Crippen LogP contribution < -0.4 is 15.4 Å². The SMILES string of the molecule is Cl.O=C(CC1CC2CCC(C1)N2)NCc1ccccc1OCC(F)(F)F. The summed E-state index contributed by atoms with van der Waals surface area (Å²) < 4.78 is 41.8. The predicted octanol–water partition coefficient (Wildman–Crippen LogP) is 3.59. The van der Waals surface area contributed by atoms with Gasteiger partial charge in [-0.05, 0) is 37.7 Å². The van der Waals surface area contributed by atoms with Gasteiger partial charge in [-0.1, -0.05) is 18.2 Å². The van der Waals surface area contributed by atoms with Crippen molar-refractivity contribution in [3.8, 4) is 5.75 Å². The van der Waals surface area contributed by atoms with Gasteiger partial charge in [-0.25, -0.2) is 0 Å². The second-order valence-corrected chi connectivity index (χ2v) is 6.97. The second-order valence-electron chi connectivity index (χ2n) is 6.97. The van der Waals surface area contributed by atoms with E-state index in [0.29, 0.717) is 30.0 Å². The van der Waals surface area contributed by atoms with Crippen LogP contribution in [0.4, 0.5) is 13.2 Å². The maximum atomic E-state index is 12.3. The van der Waals surface area contributed by atoms with E-state index in [9.17, 15) is 18.0 Å². The van der Waals surface area contributed by atoms with Crippen LogP contribution in [-0.4, -0.2) is 30.8 Å². The van der Waals surface area contributed by atoms with Gasteiger partial charge in [0.15, 0.2) is 6.61 Å². The van der Waals surface area contributed by atoms with Gasteiger partial charge in [-0.2, -0.15) is 13.2 Å². The first kappa shape index (κ1) is 20.8. The molecule has 2 aliphatic heterocycles. The Bertz CT molecular complexity index is 600. The van der Waals surface area contributed by atoms with Crippen LogP contribution in [0, 0.1) is 5.92 Å². The number of carbonyl (C=O) groups is 1. The normalized spacial score (nSPS) is 24.7. The summed E-state index contributed by atoms with van der Waals surface area (Å²) in [6.45, 7) is -1.17. The number of fused-ring (bicyclic) bond motifs is 2. The molecule has 1 amide bonds. The molecule has 1 aromatic rings. The number of alkyl halides is 3. The zero-order valence-corrected chi connectivity index (χ0v) is 15.2. The number of ether oxygens (including phenoxy) is 1. The molecule has 0 saturated carbocycles. The fourth-order valence-corrected chi connectivity index (χ4v) is 3.82. The molecule has 2 N–H and O–H groups in total. The van der Waals surface area contributed by atoms with Gasteiger partial charge in [0.1, 0.15) is 5.75 Å². The van der Waals surface area contributed by atoms with E-state index in [1.807, 2.05) is 0 Å². The first-order chi connectivity index (χ1) is 11.9. The molecule has 0 aliphatic carbocycles. The lowest BCUT2D eigenvalue weighted by Gasteiger charge is -2.28. The first-order valence-corrected chi connectivity index (χ1v) is 8.69. The Kier molecular flexibility index (Phi) is 7.17. The van der Waals surface area contributed by atoms with Crippen LogP contribution in [-0.2, 0) is 11.3 Å². The van der Waals surface area contributed by atoms with Crippen molar-refractivity contribution >= 4 is 18.3 Å². The highest BCUT2D eigenvalue weighted by Crippen LogP contribution is 2.32. The molecule has 26 heavy (non-hydrogen) atoms. The smallest absolute Gasteiger partial charge is 0.422 e. The summed E-state index contributed by atoms with van der Waals surface area (Å²) in [6.07, 6.45) is 0.509. The van der Waals surface area contributed by atoms with Crippen LogP contribution in [0.15, 0.2) is 24.3 Å². The lowest BCUT2D eigenvalue weighted by Crippen LogP contribution is -2.39. The molecule has 8 heteroatoms. The van der Waals surface area contributed by atoms with Crippen molar-refractivity contribution in [2.75, 3.05) is 6.61 Å². The van der Waals surface area contributed by atoms with Gasteiger partial charge < -0.3 is 15.4 Å². The third-order valence-electron chi connectivity index (χ3n) is 4.88. The van der Waals surface area contributed by atoms with Crippen LogP contribution in [0.3, 0.4) is 0 Å². The van der Waals surface area contributed by atoms with Crippen LogP contribution in [0.2, 0.25) is 0 Å². The molecule has 4 nitrogen and oxygen atoms in total. The average Bonchev–Trinajstić information content (AvgIpc) is 2.89. The highest BCUT2D eigenvalue weighted by atomic mass is 35.5. The molecule has 2 saturated heterocycles. The molecule has 2 unspecified atom stereocenters. The van der Waals surface area contributed by atoms with Crippen LogP contribution in [0.25, 0.3) is 0 Å². The minimum atomic E-state index is -4.38. The number of hydrogen-bond donors (Lipinski definition) is 2. The van der Waals surface area contributed by atoms with Crippen molar-refractivity contribution in [3.63, 3.8) is 0 Å². The lowest BCUT2D eigenvalue weighted by molar-refractivity contribution is -0.153. The van der Waals surface area contributed by atoms with E-state index in [-0.39, 0.29) is 30.6 Å². The van der Waals surface area contributed by atoms with Crippen molar-refractivity contribution in [1.29, 1.82) is 0 Å². The summed E-state index contributed by atoms with van der Waals surface area (Å²) in [5.74, 6) is 0.479. The largest absolute Gasteiger partial charge is 0.484 e. The number of piperidine rings is 1. The zero-order valence-electron chi connectivity index (χ0n) is 14.3. The van der Waals surface area contributed by atoms with Gasteiger partial charge in [0.25, 0.3) is 0 Å². The molecule has 0 aromatic heterocycles. The van der Waals surface area contributed by atoms with Crippen LogP contribution in [0.5, 0.6) is 5.75 Å². The minimum absolute atomic E-state index is 0. The summed E-state index contributed by atoms with van der Waals surface area (Å²) in [6, 6.07) is 7.55. The van der Waals surface area contributed by atoms with Crippen molar-refractivity contribution in [3.05, 3.63) is 29.8 Å². The minimum Gasteiger partial charge on any atom is -0.484 e. The maximum absolute atomic E-state index is 12.3. The highest BCUT2D eigenvalue weighted by Gasteiger charge is 2.34. The molecule has 0 spiro atoms. The van der Waals surface area contributed by atoms with E-state index in [1.165, 1.54) is 18.9 Å². The number of rotatable bonds is 6. The molecule has 2 fully saturated rings. The Hall–Kier alpha value is -1.47. The monoisotopic (exact) mass is 392 g/mol. The molecular weight excluding hydrogens is 369 g/mol.